The number of benzene rings is 2. The first-order valence-corrected chi connectivity index (χ1v) is 7.00. The van der Waals surface area contributed by atoms with Crippen molar-refractivity contribution in [1.29, 1.82) is 0 Å². The molecular formula is C17H18N2. The van der Waals surface area contributed by atoms with Crippen molar-refractivity contribution in [2.45, 2.75) is 26.1 Å². The van der Waals surface area contributed by atoms with Crippen LogP contribution in [0.4, 0.5) is 11.4 Å². The Bertz CT molecular complexity index is 620. The fraction of sp³-hybridized carbons (Fsp3) is 0.294. The van der Waals surface area contributed by atoms with Crippen LogP contribution in [-0.4, -0.2) is 12.6 Å². The Balaban J connectivity index is 1.92. The second-order valence-corrected chi connectivity index (χ2v) is 5.61. The van der Waals surface area contributed by atoms with Crippen LogP contribution in [0.25, 0.3) is 0 Å². The Kier molecular flexibility index (Phi) is 2.31. The summed E-state index contributed by atoms with van der Waals surface area (Å²) in [6, 6.07) is 18.2. The van der Waals surface area contributed by atoms with Crippen LogP contribution in [0.2, 0.25) is 0 Å². The van der Waals surface area contributed by atoms with E-state index in [9.17, 15) is 0 Å². The largest absolute Gasteiger partial charge is 0.365 e. The lowest BCUT2D eigenvalue weighted by atomic mass is 10.1. The number of nitrogens with zero attached hydrogens (tertiary/aromatic N) is 2. The predicted octanol–water partition coefficient (Wildman–Crippen LogP) is 3.42. The van der Waals surface area contributed by atoms with Gasteiger partial charge >= 0.3 is 0 Å². The van der Waals surface area contributed by atoms with Crippen molar-refractivity contribution in [3.05, 3.63) is 59.7 Å². The first kappa shape index (κ1) is 10.9. The van der Waals surface area contributed by atoms with Gasteiger partial charge in [-0.25, -0.2) is 0 Å². The van der Waals surface area contributed by atoms with Gasteiger partial charge < -0.3 is 9.80 Å². The minimum atomic E-state index is 0.552. The van der Waals surface area contributed by atoms with Crippen LogP contribution >= 0.6 is 0 Å². The van der Waals surface area contributed by atoms with Crippen molar-refractivity contribution < 1.29 is 0 Å². The topological polar surface area (TPSA) is 6.48 Å². The molecule has 19 heavy (non-hydrogen) atoms. The average Bonchev–Trinajstić information content (AvgIpc) is 2.65. The molecular weight excluding hydrogens is 232 g/mol. The quantitative estimate of drug-likeness (QED) is 0.707. The Morgan fingerprint density at radius 1 is 0.842 bits per heavy atom. The summed E-state index contributed by atoms with van der Waals surface area (Å²) in [6.45, 7) is 5.48. The lowest BCUT2D eigenvalue weighted by Crippen LogP contribution is -2.36. The van der Waals surface area contributed by atoms with E-state index in [2.05, 4.69) is 65.3 Å². The molecule has 2 aliphatic rings. The zero-order chi connectivity index (χ0) is 12.8. The highest BCUT2D eigenvalue weighted by atomic mass is 15.3. The third-order valence-electron chi connectivity index (χ3n) is 4.35. The Labute approximate surface area is 114 Å². The van der Waals surface area contributed by atoms with Gasteiger partial charge in [0.1, 0.15) is 0 Å². The molecule has 2 bridgehead atoms. The van der Waals surface area contributed by atoms with E-state index in [1.54, 1.807) is 0 Å². The molecule has 0 aliphatic carbocycles. The van der Waals surface area contributed by atoms with E-state index >= 15 is 0 Å². The lowest BCUT2D eigenvalue weighted by molar-refractivity contribution is 0.645. The SMILES string of the molecule is C[C@H]1CN2Cc3ccccc3N1Cc1ccccc12. The number of anilines is 2. The van der Waals surface area contributed by atoms with Crippen LogP contribution < -0.4 is 9.80 Å². The van der Waals surface area contributed by atoms with Gasteiger partial charge in [-0.05, 0) is 30.2 Å². The van der Waals surface area contributed by atoms with Gasteiger partial charge in [0, 0.05) is 37.1 Å². The molecule has 2 aromatic carbocycles. The third-order valence-corrected chi connectivity index (χ3v) is 4.35. The molecule has 0 saturated heterocycles. The van der Waals surface area contributed by atoms with Crippen LogP contribution in [0.15, 0.2) is 48.5 Å². The summed E-state index contributed by atoms with van der Waals surface area (Å²) in [6.07, 6.45) is 0. The number of rotatable bonds is 0. The fourth-order valence-corrected chi connectivity index (χ4v) is 3.41. The second-order valence-electron chi connectivity index (χ2n) is 5.61. The minimum Gasteiger partial charge on any atom is -0.365 e. The van der Waals surface area contributed by atoms with Crippen LogP contribution in [0.5, 0.6) is 0 Å². The summed E-state index contributed by atoms with van der Waals surface area (Å²) < 4.78 is 0. The Morgan fingerprint density at radius 2 is 1.47 bits per heavy atom. The number of hydrogen-bond acceptors (Lipinski definition) is 2. The van der Waals surface area contributed by atoms with E-state index in [4.69, 9.17) is 0 Å². The van der Waals surface area contributed by atoms with E-state index < -0.39 is 0 Å². The summed E-state index contributed by atoms with van der Waals surface area (Å²) in [5, 5.41) is 0. The smallest absolute Gasteiger partial charge is 0.0453 e. The Hall–Kier alpha value is -1.96. The lowest BCUT2D eigenvalue weighted by Gasteiger charge is -2.29. The predicted molar refractivity (Wildman–Crippen MR) is 79.6 cm³/mol. The van der Waals surface area contributed by atoms with Crippen molar-refractivity contribution in [3.8, 4) is 0 Å². The van der Waals surface area contributed by atoms with E-state index in [1.807, 2.05) is 0 Å². The maximum Gasteiger partial charge on any atom is 0.0453 e. The zero-order valence-electron chi connectivity index (χ0n) is 11.2. The van der Waals surface area contributed by atoms with Gasteiger partial charge in [-0.1, -0.05) is 36.4 Å². The summed E-state index contributed by atoms with van der Waals surface area (Å²) in [7, 11) is 0. The number of hydrogen-bond donors (Lipinski definition) is 0. The van der Waals surface area contributed by atoms with E-state index in [0.717, 1.165) is 19.6 Å². The number of fused-ring (bicyclic) bond motifs is 7. The molecule has 2 nitrogen and oxygen atoms in total. The molecule has 0 radical (unpaired) electrons. The van der Waals surface area contributed by atoms with Crippen LogP contribution in [0.1, 0.15) is 18.1 Å². The molecule has 2 heteroatoms. The standard InChI is InChI=1S/C17H18N2/c1-13-10-18-11-14-6-3-5-9-17(14)19(13)12-15-7-2-4-8-16(15)18/h2-9,13H,10-12H2,1H3/t13-/m0/s1. The summed E-state index contributed by atoms with van der Waals surface area (Å²) in [5.74, 6) is 0. The van der Waals surface area contributed by atoms with Gasteiger partial charge in [0.25, 0.3) is 0 Å². The highest BCUT2D eigenvalue weighted by Crippen LogP contribution is 2.36. The molecule has 96 valence electrons. The highest BCUT2D eigenvalue weighted by molar-refractivity contribution is 5.65. The van der Waals surface area contributed by atoms with Crippen LogP contribution in [-0.2, 0) is 13.1 Å². The molecule has 2 aromatic rings. The normalized spacial score (nSPS) is 20.6. The van der Waals surface area contributed by atoms with Crippen molar-refractivity contribution in [2.24, 2.45) is 0 Å². The molecule has 0 unspecified atom stereocenters. The first-order chi connectivity index (χ1) is 9.33. The number of para-hydroxylation sites is 2. The molecule has 4 rings (SSSR count). The summed E-state index contributed by atoms with van der Waals surface area (Å²) in [4.78, 5) is 5.09. The molecule has 0 spiro atoms. The Morgan fingerprint density at radius 3 is 2.26 bits per heavy atom. The zero-order valence-corrected chi connectivity index (χ0v) is 11.2. The second kappa shape index (κ2) is 4.02. The van der Waals surface area contributed by atoms with E-state index in [0.29, 0.717) is 6.04 Å². The van der Waals surface area contributed by atoms with Gasteiger partial charge in [-0.2, -0.15) is 0 Å². The molecule has 2 heterocycles. The molecule has 0 aromatic heterocycles. The van der Waals surface area contributed by atoms with E-state index in [1.165, 1.54) is 22.5 Å². The van der Waals surface area contributed by atoms with Gasteiger partial charge in [0.15, 0.2) is 0 Å². The monoisotopic (exact) mass is 250 g/mol. The van der Waals surface area contributed by atoms with Crippen molar-refractivity contribution in [2.75, 3.05) is 16.3 Å². The van der Waals surface area contributed by atoms with Gasteiger partial charge in [0.05, 0.1) is 0 Å². The molecule has 0 amide bonds. The van der Waals surface area contributed by atoms with Crippen molar-refractivity contribution >= 4 is 11.4 Å². The van der Waals surface area contributed by atoms with Crippen molar-refractivity contribution in [3.63, 3.8) is 0 Å². The van der Waals surface area contributed by atoms with Gasteiger partial charge in [0.2, 0.25) is 0 Å². The van der Waals surface area contributed by atoms with Crippen LogP contribution in [0.3, 0.4) is 0 Å². The third kappa shape index (κ3) is 1.63. The molecule has 2 aliphatic heterocycles. The van der Waals surface area contributed by atoms with E-state index in [-0.39, 0.29) is 0 Å². The minimum absolute atomic E-state index is 0.552. The van der Waals surface area contributed by atoms with Crippen LogP contribution in [0, 0.1) is 0 Å². The molecule has 0 saturated carbocycles. The molecule has 1 atom stereocenters. The maximum absolute atomic E-state index is 2.56. The first-order valence-electron chi connectivity index (χ1n) is 7.00. The molecule has 0 N–H and O–H groups in total. The average molecular weight is 250 g/mol. The highest BCUT2D eigenvalue weighted by Gasteiger charge is 2.30. The van der Waals surface area contributed by atoms with Crippen molar-refractivity contribution in [1.82, 2.24) is 0 Å². The molecule has 0 fully saturated rings. The van der Waals surface area contributed by atoms with Gasteiger partial charge in [-0.15, -0.1) is 0 Å². The maximum atomic E-state index is 2.56. The van der Waals surface area contributed by atoms with Gasteiger partial charge in [-0.3, -0.25) is 0 Å². The summed E-state index contributed by atoms with van der Waals surface area (Å²) >= 11 is 0. The summed E-state index contributed by atoms with van der Waals surface area (Å²) in [5.41, 5.74) is 5.71. The fourth-order valence-electron chi connectivity index (χ4n) is 3.41.